The third-order valence-electron chi connectivity index (χ3n) is 12.6. The number of aliphatic carboxylic acids is 1. The van der Waals surface area contributed by atoms with Gasteiger partial charge in [-0.05, 0) is 110 Å². The first-order valence-corrected chi connectivity index (χ1v) is 14.4. The van der Waals surface area contributed by atoms with Crippen LogP contribution < -0.4 is 0 Å². The average Bonchev–Trinajstić information content (AvgIpc) is 2.78. The number of aliphatic hydroxyl groups is 1. The molecule has 2 N–H and O–H groups in total. The molecular formula is C32H56O3. The van der Waals surface area contributed by atoms with Crippen LogP contribution in [0.1, 0.15) is 127 Å². The molecule has 3 nitrogen and oxygen atoms in total. The molecule has 4 fully saturated rings. The van der Waals surface area contributed by atoms with Crippen molar-refractivity contribution in [3.63, 3.8) is 0 Å². The standard InChI is InChI=1S/C29H46O3.C2H6.CH4/c1-18-19-9-12-28(6)23(26(19,4)11-10-22(18)30)8-7-20-21-17-25(2,3)13-15-29(21,24(31)32)16-14-27(20,28)5;1-2;/h7,18-19,21-23,30H,8-17H2,1-6H3,(H,31,32);1-2H3;1H4/t18?,19?,21?,22?,23?,26?,27-,28?,29?;;/m1../s1. The highest BCUT2D eigenvalue weighted by molar-refractivity contribution is 5.76. The summed E-state index contributed by atoms with van der Waals surface area (Å²) in [5, 5.41) is 21.1. The number of aliphatic hydroxyl groups excluding tert-OH is 1. The van der Waals surface area contributed by atoms with Crippen molar-refractivity contribution >= 4 is 5.97 Å². The molecule has 5 rings (SSSR count). The Morgan fingerprint density at radius 1 is 0.943 bits per heavy atom. The lowest BCUT2D eigenvalue weighted by Crippen LogP contribution is -2.63. The van der Waals surface area contributed by atoms with E-state index in [9.17, 15) is 15.0 Å². The van der Waals surface area contributed by atoms with Gasteiger partial charge in [-0.3, -0.25) is 4.79 Å². The summed E-state index contributed by atoms with van der Waals surface area (Å²) in [6.07, 6.45) is 12.8. The summed E-state index contributed by atoms with van der Waals surface area (Å²) < 4.78 is 0. The molecule has 0 aromatic rings. The molecule has 4 saturated carbocycles. The van der Waals surface area contributed by atoms with Crippen LogP contribution in [0, 0.1) is 50.7 Å². The van der Waals surface area contributed by atoms with Gasteiger partial charge in [0.05, 0.1) is 11.5 Å². The normalized spacial score (nSPS) is 49.9. The first-order valence-electron chi connectivity index (χ1n) is 14.4. The van der Waals surface area contributed by atoms with Gasteiger partial charge in [-0.1, -0.05) is 74.5 Å². The molecule has 8 unspecified atom stereocenters. The van der Waals surface area contributed by atoms with Crippen LogP contribution in [0.4, 0.5) is 0 Å². The molecule has 0 aromatic heterocycles. The average molecular weight is 489 g/mol. The van der Waals surface area contributed by atoms with Gasteiger partial charge in [0.15, 0.2) is 0 Å². The van der Waals surface area contributed by atoms with Crippen molar-refractivity contribution in [2.45, 2.75) is 133 Å². The lowest BCUT2D eigenvalue weighted by Gasteiger charge is -2.70. The lowest BCUT2D eigenvalue weighted by molar-refractivity contribution is -0.187. The first-order chi connectivity index (χ1) is 15.8. The molecule has 0 amide bonds. The molecule has 0 bridgehead atoms. The number of carbonyl (C=O) groups is 1. The van der Waals surface area contributed by atoms with Gasteiger partial charge in [0.25, 0.3) is 0 Å². The van der Waals surface area contributed by atoms with Crippen LogP contribution in [0.25, 0.3) is 0 Å². The topological polar surface area (TPSA) is 57.5 Å². The minimum Gasteiger partial charge on any atom is -0.481 e. The van der Waals surface area contributed by atoms with E-state index in [4.69, 9.17) is 0 Å². The molecular weight excluding hydrogens is 432 g/mol. The number of allylic oxidation sites excluding steroid dienone is 2. The maximum absolute atomic E-state index is 12.7. The van der Waals surface area contributed by atoms with Crippen LogP contribution in [0.5, 0.6) is 0 Å². The molecule has 202 valence electrons. The third kappa shape index (κ3) is 3.79. The van der Waals surface area contributed by atoms with Crippen LogP contribution >= 0.6 is 0 Å². The number of hydrogen-bond acceptors (Lipinski definition) is 2. The Balaban J connectivity index is 0.00000111. The Bertz CT molecular complexity index is 844. The predicted molar refractivity (Wildman–Crippen MR) is 146 cm³/mol. The maximum atomic E-state index is 12.7. The summed E-state index contributed by atoms with van der Waals surface area (Å²) in [5.74, 6) is 1.28. The molecule has 9 atom stereocenters. The smallest absolute Gasteiger partial charge is 0.310 e. The fourth-order valence-corrected chi connectivity index (χ4v) is 10.2. The molecule has 5 aliphatic rings. The van der Waals surface area contributed by atoms with Gasteiger partial charge < -0.3 is 10.2 Å². The number of rotatable bonds is 1. The van der Waals surface area contributed by atoms with Gasteiger partial charge in [-0.15, -0.1) is 0 Å². The van der Waals surface area contributed by atoms with Gasteiger partial charge in [-0.25, -0.2) is 0 Å². The number of carboxylic acid groups (broad SMARTS) is 1. The molecule has 0 heterocycles. The molecule has 35 heavy (non-hydrogen) atoms. The monoisotopic (exact) mass is 488 g/mol. The maximum Gasteiger partial charge on any atom is 0.310 e. The largest absolute Gasteiger partial charge is 0.481 e. The fraction of sp³-hybridized carbons (Fsp3) is 0.906. The van der Waals surface area contributed by atoms with E-state index in [0.29, 0.717) is 17.8 Å². The molecule has 0 spiro atoms. The highest BCUT2D eigenvalue weighted by atomic mass is 16.4. The lowest BCUT2D eigenvalue weighted by atomic mass is 9.34. The van der Waals surface area contributed by atoms with Crippen molar-refractivity contribution in [2.24, 2.45) is 50.7 Å². The SMILES string of the molecule is C.CC.CC1C(O)CCC2(C)C1CCC1(C)C2CC=C2C3CC(C)(C)CCC3(C(=O)O)CC[C@]21C. The van der Waals surface area contributed by atoms with Crippen LogP contribution in [0.15, 0.2) is 11.6 Å². The van der Waals surface area contributed by atoms with Gasteiger partial charge in [0.2, 0.25) is 0 Å². The van der Waals surface area contributed by atoms with E-state index in [1.54, 1.807) is 0 Å². The van der Waals surface area contributed by atoms with Crippen LogP contribution in [0.2, 0.25) is 0 Å². The second-order valence-electron chi connectivity index (χ2n) is 14.2. The highest BCUT2D eigenvalue weighted by Gasteiger charge is 2.68. The summed E-state index contributed by atoms with van der Waals surface area (Å²) >= 11 is 0. The van der Waals surface area contributed by atoms with Crippen molar-refractivity contribution in [2.75, 3.05) is 0 Å². The molecule has 3 heteroatoms. The number of carboxylic acids is 1. The minimum atomic E-state index is -0.547. The molecule has 0 aromatic carbocycles. The second-order valence-corrected chi connectivity index (χ2v) is 14.2. The van der Waals surface area contributed by atoms with E-state index in [2.05, 4.69) is 47.6 Å². The van der Waals surface area contributed by atoms with E-state index in [1.165, 1.54) is 18.4 Å². The summed E-state index contributed by atoms with van der Waals surface area (Å²) in [7, 11) is 0. The van der Waals surface area contributed by atoms with E-state index >= 15 is 0 Å². The summed E-state index contributed by atoms with van der Waals surface area (Å²) in [5.41, 5.74) is 1.79. The first kappa shape index (κ1) is 28.7. The molecule has 0 aliphatic heterocycles. The van der Waals surface area contributed by atoms with E-state index in [-0.39, 0.29) is 41.1 Å². The van der Waals surface area contributed by atoms with E-state index < -0.39 is 11.4 Å². The quantitative estimate of drug-likeness (QED) is 0.364. The van der Waals surface area contributed by atoms with Crippen molar-refractivity contribution in [1.29, 1.82) is 0 Å². The number of fused-ring (bicyclic) bond motifs is 7. The molecule has 5 aliphatic carbocycles. The summed E-state index contributed by atoms with van der Waals surface area (Å²) in [4.78, 5) is 12.7. The van der Waals surface area contributed by atoms with Crippen LogP contribution in [-0.2, 0) is 4.79 Å². The second kappa shape index (κ2) is 9.17. The Morgan fingerprint density at radius 2 is 1.57 bits per heavy atom. The molecule has 0 saturated heterocycles. The van der Waals surface area contributed by atoms with Gasteiger partial charge in [0.1, 0.15) is 0 Å². The minimum absolute atomic E-state index is 0. The Kier molecular flexibility index (Phi) is 7.53. The van der Waals surface area contributed by atoms with E-state index in [1.807, 2.05) is 13.8 Å². The zero-order valence-electron chi connectivity index (χ0n) is 23.3. The van der Waals surface area contributed by atoms with Crippen molar-refractivity contribution < 1.29 is 15.0 Å². The zero-order chi connectivity index (χ0) is 25.3. The predicted octanol–water partition coefficient (Wildman–Crippen LogP) is 8.51. The molecule has 0 radical (unpaired) electrons. The van der Waals surface area contributed by atoms with Crippen molar-refractivity contribution in [3.05, 3.63) is 11.6 Å². The zero-order valence-corrected chi connectivity index (χ0v) is 23.3. The highest BCUT2D eigenvalue weighted by Crippen LogP contribution is 2.74. The Hall–Kier alpha value is -0.830. The van der Waals surface area contributed by atoms with Crippen molar-refractivity contribution in [3.8, 4) is 0 Å². The Labute approximate surface area is 216 Å². The third-order valence-corrected chi connectivity index (χ3v) is 12.6. The van der Waals surface area contributed by atoms with Gasteiger partial charge in [-0.2, -0.15) is 0 Å². The van der Waals surface area contributed by atoms with E-state index in [0.717, 1.165) is 51.4 Å². The van der Waals surface area contributed by atoms with Gasteiger partial charge in [0, 0.05) is 0 Å². The van der Waals surface area contributed by atoms with Crippen molar-refractivity contribution in [1.82, 2.24) is 0 Å². The fourth-order valence-electron chi connectivity index (χ4n) is 10.2. The van der Waals surface area contributed by atoms with Gasteiger partial charge >= 0.3 is 5.97 Å². The number of hydrogen-bond donors (Lipinski definition) is 2. The van der Waals surface area contributed by atoms with Crippen LogP contribution in [0.3, 0.4) is 0 Å². The summed E-state index contributed by atoms with van der Waals surface area (Å²) in [6, 6.07) is 0. The van der Waals surface area contributed by atoms with Crippen LogP contribution in [-0.4, -0.2) is 22.3 Å². The summed E-state index contributed by atoms with van der Waals surface area (Å²) in [6.45, 7) is 18.6. The Morgan fingerprint density at radius 3 is 2.20 bits per heavy atom.